The highest BCUT2D eigenvalue weighted by Crippen LogP contribution is 2.45. The molecule has 0 aromatic carbocycles. The molecule has 108 valence electrons. The molecule has 0 spiro atoms. The molecular formula is C19H32. The molecule has 0 saturated carbocycles. The first-order chi connectivity index (χ1) is 8.69. The van der Waals surface area contributed by atoms with Crippen LogP contribution in [-0.2, 0) is 0 Å². The van der Waals surface area contributed by atoms with E-state index in [1.54, 1.807) is 0 Å². The van der Waals surface area contributed by atoms with Crippen molar-refractivity contribution in [3.05, 3.63) is 48.6 Å². The van der Waals surface area contributed by atoms with E-state index in [4.69, 9.17) is 0 Å². The monoisotopic (exact) mass is 260 g/mol. The summed E-state index contributed by atoms with van der Waals surface area (Å²) >= 11 is 0. The number of allylic oxidation sites excluding steroid dienone is 6. The molecule has 19 heavy (non-hydrogen) atoms. The lowest BCUT2D eigenvalue weighted by molar-refractivity contribution is 0.327. The number of rotatable bonds is 2. The molecule has 0 aromatic heterocycles. The molecule has 2 unspecified atom stereocenters. The quantitative estimate of drug-likeness (QED) is 0.509. The van der Waals surface area contributed by atoms with Gasteiger partial charge in [0.05, 0.1) is 0 Å². The third-order valence-corrected chi connectivity index (χ3v) is 4.22. The summed E-state index contributed by atoms with van der Waals surface area (Å²) in [6.45, 7) is 23.4. The smallest absolute Gasteiger partial charge is 0.00684 e. The summed E-state index contributed by atoms with van der Waals surface area (Å²) in [6, 6.07) is 0. The second kappa shape index (κ2) is 6.93. The van der Waals surface area contributed by atoms with Crippen molar-refractivity contribution in [2.45, 2.75) is 54.9 Å². The predicted octanol–water partition coefficient (Wildman–Crippen LogP) is 6.33. The van der Waals surface area contributed by atoms with Gasteiger partial charge in [0.25, 0.3) is 0 Å². The minimum atomic E-state index is 0.0622. The topological polar surface area (TPSA) is 0 Å². The van der Waals surface area contributed by atoms with Crippen molar-refractivity contribution in [2.24, 2.45) is 16.7 Å². The Hall–Kier alpha value is -1.04. The van der Waals surface area contributed by atoms with Crippen LogP contribution >= 0.6 is 0 Å². The highest BCUT2D eigenvalue weighted by Gasteiger charge is 2.34. The van der Waals surface area contributed by atoms with Crippen LogP contribution in [0.5, 0.6) is 0 Å². The standard InChI is InChI=1S/C17H26.C2H6/c1-13(2)16(6)10-8-15(5)9-11-17(7,12-16)14(3)4;1-2/h8-11,15H,1,3,12H2,2,4-7H3;1-2H3/b10-8-,11-9-;. The Morgan fingerprint density at radius 2 is 1.26 bits per heavy atom. The first-order valence-electron chi connectivity index (χ1n) is 7.40. The van der Waals surface area contributed by atoms with Crippen molar-refractivity contribution >= 4 is 0 Å². The van der Waals surface area contributed by atoms with Crippen LogP contribution < -0.4 is 0 Å². The van der Waals surface area contributed by atoms with E-state index in [-0.39, 0.29) is 10.8 Å². The Kier molecular flexibility index (Phi) is 6.55. The second-order valence-electron chi connectivity index (χ2n) is 6.15. The summed E-state index contributed by atoms with van der Waals surface area (Å²) in [5.74, 6) is 0.479. The van der Waals surface area contributed by atoms with Gasteiger partial charge in [-0.2, -0.15) is 0 Å². The molecule has 0 N–H and O–H groups in total. The Morgan fingerprint density at radius 3 is 1.53 bits per heavy atom. The molecule has 0 bridgehead atoms. The summed E-state index contributed by atoms with van der Waals surface area (Å²) in [5.41, 5.74) is 2.58. The fourth-order valence-electron chi connectivity index (χ4n) is 2.26. The lowest BCUT2D eigenvalue weighted by Gasteiger charge is -2.39. The van der Waals surface area contributed by atoms with Crippen molar-refractivity contribution in [1.82, 2.24) is 0 Å². The molecule has 1 aliphatic carbocycles. The summed E-state index contributed by atoms with van der Waals surface area (Å²) in [5, 5.41) is 0. The van der Waals surface area contributed by atoms with Crippen molar-refractivity contribution < 1.29 is 0 Å². The second-order valence-corrected chi connectivity index (χ2v) is 6.15. The van der Waals surface area contributed by atoms with E-state index in [1.165, 1.54) is 11.1 Å². The molecule has 1 rings (SSSR count). The first kappa shape index (κ1) is 18.0. The molecule has 0 heteroatoms. The zero-order valence-corrected chi connectivity index (χ0v) is 14.0. The molecule has 0 nitrogen and oxygen atoms in total. The predicted molar refractivity (Wildman–Crippen MR) is 89.3 cm³/mol. The fraction of sp³-hybridized carbons (Fsp3) is 0.579. The molecule has 0 saturated heterocycles. The lowest BCUT2D eigenvalue weighted by Crippen LogP contribution is -2.27. The highest BCUT2D eigenvalue weighted by atomic mass is 14.4. The van der Waals surface area contributed by atoms with Crippen LogP contribution in [0.1, 0.15) is 54.9 Å². The molecule has 0 amide bonds. The summed E-state index contributed by atoms with van der Waals surface area (Å²) in [4.78, 5) is 0. The highest BCUT2D eigenvalue weighted by molar-refractivity contribution is 5.27. The Bertz CT molecular complexity index is 347. The summed E-state index contributed by atoms with van der Waals surface area (Å²) < 4.78 is 0. The van der Waals surface area contributed by atoms with Crippen LogP contribution in [0.2, 0.25) is 0 Å². The van der Waals surface area contributed by atoms with Crippen molar-refractivity contribution in [1.29, 1.82) is 0 Å². The average Bonchev–Trinajstić information content (AvgIpc) is 2.34. The van der Waals surface area contributed by atoms with Crippen molar-refractivity contribution in [3.8, 4) is 0 Å². The van der Waals surface area contributed by atoms with Gasteiger partial charge in [0, 0.05) is 10.8 Å². The van der Waals surface area contributed by atoms with Gasteiger partial charge in [-0.25, -0.2) is 0 Å². The molecule has 1 aliphatic rings. The van der Waals surface area contributed by atoms with Crippen LogP contribution in [0, 0.1) is 16.7 Å². The van der Waals surface area contributed by atoms with Gasteiger partial charge < -0.3 is 0 Å². The number of hydrogen-bond donors (Lipinski definition) is 0. The van der Waals surface area contributed by atoms with Crippen LogP contribution in [0.4, 0.5) is 0 Å². The van der Waals surface area contributed by atoms with Crippen LogP contribution in [-0.4, -0.2) is 0 Å². The van der Waals surface area contributed by atoms with Crippen molar-refractivity contribution in [2.75, 3.05) is 0 Å². The fourth-order valence-corrected chi connectivity index (χ4v) is 2.26. The first-order valence-corrected chi connectivity index (χ1v) is 7.40. The van der Waals surface area contributed by atoms with E-state index in [0.29, 0.717) is 5.92 Å². The van der Waals surface area contributed by atoms with Gasteiger partial charge in [-0.1, -0.05) is 83.2 Å². The zero-order valence-electron chi connectivity index (χ0n) is 14.0. The maximum Gasteiger partial charge on any atom is 0.00684 e. The van der Waals surface area contributed by atoms with E-state index >= 15 is 0 Å². The molecule has 2 atom stereocenters. The third kappa shape index (κ3) is 4.53. The molecule has 0 aromatic rings. The van der Waals surface area contributed by atoms with E-state index < -0.39 is 0 Å². The largest absolute Gasteiger partial charge is 0.0993 e. The Morgan fingerprint density at radius 1 is 0.947 bits per heavy atom. The molecular weight excluding hydrogens is 228 g/mol. The molecule has 0 aliphatic heterocycles. The lowest BCUT2D eigenvalue weighted by atomic mass is 9.65. The summed E-state index contributed by atoms with van der Waals surface area (Å²) in [7, 11) is 0. The molecule has 0 fully saturated rings. The maximum absolute atomic E-state index is 4.17. The van der Waals surface area contributed by atoms with Crippen LogP contribution in [0.15, 0.2) is 48.6 Å². The van der Waals surface area contributed by atoms with E-state index in [2.05, 4.69) is 72.1 Å². The SMILES string of the molecule is C=C(C)C1(C)/C=C\C(C)/C=C\C(C)(C(=C)C)C1.CC. The minimum absolute atomic E-state index is 0.0622. The van der Waals surface area contributed by atoms with Crippen LogP contribution in [0.3, 0.4) is 0 Å². The van der Waals surface area contributed by atoms with Crippen molar-refractivity contribution in [3.63, 3.8) is 0 Å². The minimum Gasteiger partial charge on any atom is -0.0993 e. The van der Waals surface area contributed by atoms with E-state index in [9.17, 15) is 0 Å². The Balaban J connectivity index is 0.00000154. The summed E-state index contributed by atoms with van der Waals surface area (Å²) in [6.07, 6.45) is 10.3. The number of hydrogen-bond acceptors (Lipinski definition) is 0. The van der Waals surface area contributed by atoms with E-state index in [0.717, 1.165) is 6.42 Å². The average molecular weight is 260 g/mol. The van der Waals surface area contributed by atoms with Gasteiger partial charge in [0.15, 0.2) is 0 Å². The maximum atomic E-state index is 4.17. The van der Waals surface area contributed by atoms with Gasteiger partial charge >= 0.3 is 0 Å². The normalized spacial score (nSPS) is 37.1. The van der Waals surface area contributed by atoms with Gasteiger partial charge in [-0.05, 0) is 26.2 Å². The van der Waals surface area contributed by atoms with Gasteiger partial charge in [-0.3, -0.25) is 0 Å². The van der Waals surface area contributed by atoms with Gasteiger partial charge in [0.2, 0.25) is 0 Å². The third-order valence-electron chi connectivity index (χ3n) is 4.22. The van der Waals surface area contributed by atoms with Crippen LogP contribution in [0.25, 0.3) is 0 Å². The zero-order chi connectivity index (χ0) is 15.3. The molecule has 0 radical (unpaired) electrons. The van der Waals surface area contributed by atoms with E-state index in [1.807, 2.05) is 13.8 Å². The molecule has 0 heterocycles. The van der Waals surface area contributed by atoms with Gasteiger partial charge in [0.1, 0.15) is 0 Å². The Labute approximate surface area is 121 Å². The van der Waals surface area contributed by atoms with Gasteiger partial charge in [-0.15, -0.1) is 0 Å².